The molecule has 2 N–H and O–H groups in total. The van der Waals surface area contributed by atoms with Crippen molar-refractivity contribution in [1.29, 1.82) is 0 Å². The molecule has 1 aromatic heterocycles. The number of nitrogens with zero attached hydrogens (tertiary/aromatic N) is 2. The summed E-state index contributed by atoms with van der Waals surface area (Å²) in [6.45, 7) is 1.01. The Hall–Kier alpha value is -1.81. The molecule has 4 heteroatoms. The van der Waals surface area contributed by atoms with Crippen LogP contribution in [0.2, 0.25) is 0 Å². The fraction of sp³-hybridized carbons (Fsp3) is 0.308. The second-order valence-electron chi connectivity index (χ2n) is 4.31. The Bertz CT molecular complexity index is 447. The van der Waals surface area contributed by atoms with Gasteiger partial charge >= 0.3 is 0 Å². The summed E-state index contributed by atoms with van der Waals surface area (Å²) < 4.78 is 0. The molecular formula is C13H18N4. The Balaban J connectivity index is 2.04. The van der Waals surface area contributed by atoms with Gasteiger partial charge in [-0.15, -0.1) is 0 Å². The number of nitrogens with one attached hydrogen (secondary N) is 2. The van der Waals surface area contributed by atoms with Crippen LogP contribution in [0.4, 0.5) is 11.4 Å². The number of likely N-dealkylation sites (N-methyl/N-ethyl adjacent to an activating group) is 1. The molecule has 0 aliphatic heterocycles. The van der Waals surface area contributed by atoms with Crippen molar-refractivity contribution in [3.8, 4) is 0 Å². The van der Waals surface area contributed by atoms with Gasteiger partial charge < -0.3 is 10.2 Å². The predicted molar refractivity (Wildman–Crippen MR) is 70.6 cm³/mol. The van der Waals surface area contributed by atoms with E-state index in [0.29, 0.717) is 0 Å². The summed E-state index contributed by atoms with van der Waals surface area (Å²) in [5.41, 5.74) is 3.28. The van der Waals surface area contributed by atoms with Gasteiger partial charge in [0.2, 0.25) is 0 Å². The smallest absolute Gasteiger partial charge is 0.0800 e. The lowest BCUT2D eigenvalue weighted by molar-refractivity contribution is 0.412. The van der Waals surface area contributed by atoms with Gasteiger partial charge in [-0.25, -0.2) is 0 Å². The average Bonchev–Trinajstić information content (AvgIpc) is 2.75. The molecule has 0 saturated heterocycles. The van der Waals surface area contributed by atoms with Gasteiger partial charge in [-0.1, -0.05) is 18.2 Å². The van der Waals surface area contributed by atoms with E-state index in [1.807, 2.05) is 36.5 Å². The molecule has 90 valence electrons. The highest BCUT2D eigenvalue weighted by molar-refractivity contribution is 5.60. The third-order valence-corrected chi connectivity index (χ3v) is 2.58. The van der Waals surface area contributed by atoms with E-state index in [9.17, 15) is 0 Å². The first-order valence-corrected chi connectivity index (χ1v) is 5.75. The van der Waals surface area contributed by atoms with Gasteiger partial charge in [0, 0.05) is 18.7 Å². The number of anilines is 2. The molecule has 2 rings (SSSR count). The summed E-state index contributed by atoms with van der Waals surface area (Å²) in [5, 5.41) is 10.5. The van der Waals surface area contributed by atoms with Crippen molar-refractivity contribution in [2.45, 2.75) is 6.42 Å². The molecule has 0 atom stereocenters. The third-order valence-electron chi connectivity index (χ3n) is 2.58. The highest BCUT2D eigenvalue weighted by Crippen LogP contribution is 2.18. The third kappa shape index (κ3) is 3.32. The molecule has 0 saturated carbocycles. The molecule has 4 nitrogen and oxygen atoms in total. The van der Waals surface area contributed by atoms with Crippen LogP contribution in [-0.2, 0) is 6.42 Å². The van der Waals surface area contributed by atoms with Gasteiger partial charge in [0.25, 0.3) is 0 Å². The van der Waals surface area contributed by atoms with Gasteiger partial charge in [-0.3, -0.25) is 5.10 Å². The van der Waals surface area contributed by atoms with E-state index < -0.39 is 0 Å². The molecule has 1 aromatic carbocycles. The summed E-state index contributed by atoms with van der Waals surface area (Å²) in [6, 6.07) is 10.1. The van der Waals surface area contributed by atoms with Crippen LogP contribution in [0, 0.1) is 0 Å². The van der Waals surface area contributed by atoms with E-state index in [1.165, 1.54) is 0 Å². The van der Waals surface area contributed by atoms with Crippen LogP contribution in [0.15, 0.2) is 36.5 Å². The Morgan fingerprint density at radius 2 is 2.00 bits per heavy atom. The number of benzene rings is 1. The summed E-state index contributed by atoms with van der Waals surface area (Å²) in [4.78, 5) is 2.16. The van der Waals surface area contributed by atoms with Gasteiger partial charge in [-0.05, 0) is 26.2 Å². The summed E-state index contributed by atoms with van der Waals surface area (Å²) >= 11 is 0. The Morgan fingerprint density at radius 1 is 1.24 bits per heavy atom. The standard InChI is InChI=1S/C13H18N4/c1-17(2)9-8-12-13(10-14-16-12)15-11-6-4-3-5-7-11/h3-7,10,15H,8-9H2,1-2H3,(H,14,16). The second-order valence-corrected chi connectivity index (χ2v) is 4.31. The molecule has 0 unspecified atom stereocenters. The second kappa shape index (κ2) is 5.50. The van der Waals surface area contributed by atoms with E-state index in [4.69, 9.17) is 0 Å². The van der Waals surface area contributed by atoms with Gasteiger partial charge in [0.1, 0.15) is 0 Å². The van der Waals surface area contributed by atoms with Gasteiger partial charge in [0.15, 0.2) is 0 Å². The number of aromatic nitrogens is 2. The lowest BCUT2D eigenvalue weighted by Gasteiger charge is -2.10. The Labute approximate surface area is 102 Å². The number of rotatable bonds is 5. The fourth-order valence-corrected chi connectivity index (χ4v) is 1.62. The molecule has 0 bridgehead atoms. The van der Waals surface area contributed by atoms with Crippen LogP contribution >= 0.6 is 0 Å². The fourth-order valence-electron chi connectivity index (χ4n) is 1.62. The average molecular weight is 230 g/mol. The van der Waals surface area contributed by atoms with E-state index in [-0.39, 0.29) is 0 Å². The molecular weight excluding hydrogens is 212 g/mol. The maximum Gasteiger partial charge on any atom is 0.0800 e. The first kappa shape index (κ1) is 11.7. The SMILES string of the molecule is CN(C)CCc1[nH]ncc1Nc1ccccc1. The van der Waals surface area contributed by atoms with Crippen molar-refractivity contribution in [3.05, 3.63) is 42.2 Å². The number of para-hydroxylation sites is 1. The van der Waals surface area contributed by atoms with Crippen molar-refractivity contribution in [1.82, 2.24) is 15.1 Å². The molecule has 17 heavy (non-hydrogen) atoms. The summed E-state index contributed by atoms with van der Waals surface area (Å²) in [5.74, 6) is 0. The molecule has 0 spiro atoms. The first-order chi connectivity index (χ1) is 8.25. The van der Waals surface area contributed by atoms with Crippen molar-refractivity contribution < 1.29 is 0 Å². The van der Waals surface area contributed by atoms with Gasteiger partial charge in [0.05, 0.1) is 17.6 Å². The van der Waals surface area contributed by atoms with Crippen molar-refractivity contribution in [2.24, 2.45) is 0 Å². The molecule has 0 amide bonds. The zero-order valence-electron chi connectivity index (χ0n) is 10.3. The van der Waals surface area contributed by atoms with E-state index >= 15 is 0 Å². The van der Waals surface area contributed by atoms with E-state index in [1.54, 1.807) is 0 Å². The molecule has 1 heterocycles. The van der Waals surface area contributed by atoms with E-state index in [0.717, 1.165) is 30.0 Å². The highest BCUT2D eigenvalue weighted by atomic mass is 15.1. The minimum atomic E-state index is 0.960. The monoisotopic (exact) mass is 230 g/mol. The van der Waals surface area contributed by atoms with Crippen LogP contribution in [0.3, 0.4) is 0 Å². The molecule has 0 radical (unpaired) electrons. The van der Waals surface area contributed by atoms with Crippen LogP contribution in [0.5, 0.6) is 0 Å². The van der Waals surface area contributed by atoms with Crippen LogP contribution in [0.1, 0.15) is 5.69 Å². The van der Waals surface area contributed by atoms with Crippen molar-refractivity contribution >= 4 is 11.4 Å². The Morgan fingerprint density at radius 3 is 2.71 bits per heavy atom. The van der Waals surface area contributed by atoms with Crippen molar-refractivity contribution in [2.75, 3.05) is 26.0 Å². The van der Waals surface area contributed by atoms with E-state index in [2.05, 4.69) is 34.5 Å². The van der Waals surface area contributed by atoms with Gasteiger partial charge in [-0.2, -0.15) is 5.10 Å². The zero-order valence-corrected chi connectivity index (χ0v) is 10.3. The maximum absolute atomic E-state index is 4.09. The lowest BCUT2D eigenvalue weighted by atomic mass is 10.2. The van der Waals surface area contributed by atoms with Crippen LogP contribution < -0.4 is 5.32 Å². The van der Waals surface area contributed by atoms with Crippen LogP contribution in [-0.4, -0.2) is 35.7 Å². The minimum absolute atomic E-state index is 0.960. The Kier molecular flexibility index (Phi) is 3.77. The molecule has 0 aliphatic rings. The molecule has 2 aromatic rings. The molecule has 0 fully saturated rings. The number of H-pyrrole nitrogens is 1. The summed E-state index contributed by atoms with van der Waals surface area (Å²) in [7, 11) is 4.14. The topological polar surface area (TPSA) is 44.0 Å². The largest absolute Gasteiger partial charge is 0.353 e. The zero-order chi connectivity index (χ0) is 12.1. The normalized spacial score (nSPS) is 10.8. The lowest BCUT2D eigenvalue weighted by Crippen LogP contribution is -2.15. The summed E-state index contributed by atoms with van der Waals surface area (Å²) in [6.07, 6.45) is 2.79. The molecule has 0 aliphatic carbocycles. The highest BCUT2D eigenvalue weighted by Gasteiger charge is 2.05. The number of hydrogen-bond donors (Lipinski definition) is 2. The van der Waals surface area contributed by atoms with Crippen LogP contribution in [0.25, 0.3) is 0 Å². The number of hydrogen-bond acceptors (Lipinski definition) is 3. The minimum Gasteiger partial charge on any atom is -0.353 e. The first-order valence-electron chi connectivity index (χ1n) is 5.75. The number of aromatic amines is 1. The quantitative estimate of drug-likeness (QED) is 0.828. The maximum atomic E-state index is 4.09. The van der Waals surface area contributed by atoms with Crippen molar-refractivity contribution in [3.63, 3.8) is 0 Å². The predicted octanol–water partition coefficient (Wildman–Crippen LogP) is 2.26.